The molecule has 0 spiro atoms. The molecule has 3 rings (SSSR count). The molecule has 0 saturated carbocycles. The lowest BCUT2D eigenvalue weighted by Crippen LogP contribution is -2.44. The van der Waals surface area contributed by atoms with Crippen LogP contribution >= 0.6 is 0 Å². The molecule has 1 atom stereocenters. The van der Waals surface area contributed by atoms with E-state index in [1.165, 1.54) is 51.1 Å². The molecule has 2 heterocycles. The number of benzene rings is 1. The highest BCUT2D eigenvalue weighted by atomic mass is 16.5. The van der Waals surface area contributed by atoms with Crippen molar-refractivity contribution in [2.24, 2.45) is 4.99 Å². The Hall–Kier alpha value is -1.79. The highest BCUT2D eigenvalue weighted by molar-refractivity contribution is 5.79. The fourth-order valence-corrected chi connectivity index (χ4v) is 3.63. The summed E-state index contributed by atoms with van der Waals surface area (Å²) >= 11 is 0. The third-order valence-corrected chi connectivity index (χ3v) is 5.30. The van der Waals surface area contributed by atoms with Gasteiger partial charge in [-0.25, -0.2) is 4.99 Å². The minimum Gasteiger partial charge on any atom is -0.488 e. The van der Waals surface area contributed by atoms with Crippen molar-refractivity contribution in [1.82, 2.24) is 20.4 Å². The number of para-hydroxylation sites is 1. The van der Waals surface area contributed by atoms with Gasteiger partial charge in [0.2, 0.25) is 0 Å². The molecule has 2 aliphatic rings. The molecule has 0 amide bonds. The predicted octanol–water partition coefficient (Wildman–Crippen LogP) is 1.57. The van der Waals surface area contributed by atoms with Gasteiger partial charge in [-0.15, -0.1) is 0 Å². The summed E-state index contributed by atoms with van der Waals surface area (Å²) in [5, 5.41) is 6.81. The first-order valence-corrected chi connectivity index (χ1v) is 10.4. The second-order valence-electron chi connectivity index (χ2n) is 7.55. The predicted molar refractivity (Wildman–Crippen MR) is 112 cm³/mol. The average Bonchev–Trinajstić information content (AvgIpc) is 3.10. The monoisotopic (exact) mass is 373 g/mol. The highest BCUT2D eigenvalue weighted by Gasteiger charge is 2.21. The number of likely N-dealkylation sites (N-methyl/N-ethyl adjacent to an activating group) is 1. The number of nitrogens with zero attached hydrogens (tertiary/aromatic N) is 3. The summed E-state index contributed by atoms with van der Waals surface area (Å²) < 4.78 is 5.98. The van der Waals surface area contributed by atoms with Crippen molar-refractivity contribution < 1.29 is 4.74 Å². The zero-order valence-electron chi connectivity index (χ0n) is 16.9. The first kappa shape index (κ1) is 20.0. The molecule has 0 radical (unpaired) electrons. The first-order valence-electron chi connectivity index (χ1n) is 10.4. The number of piperazine rings is 1. The van der Waals surface area contributed by atoms with Gasteiger partial charge in [0.15, 0.2) is 5.96 Å². The zero-order valence-corrected chi connectivity index (χ0v) is 16.9. The Morgan fingerprint density at radius 1 is 1.15 bits per heavy atom. The van der Waals surface area contributed by atoms with Crippen LogP contribution in [0.1, 0.15) is 25.3 Å². The standard InChI is InChI=1S/C21H35N5O/c1-3-22-21(23-10-6-7-11-26-14-12-25(2)13-15-26)24-17-19-16-18-8-4-5-9-20(18)27-19/h4-5,8-9,19H,3,6-7,10-17H2,1-2H3,(H2,22,23,24). The molecule has 2 aliphatic heterocycles. The Morgan fingerprint density at radius 3 is 2.74 bits per heavy atom. The minimum absolute atomic E-state index is 0.148. The quantitative estimate of drug-likeness (QED) is 0.412. The summed E-state index contributed by atoms with van der Waals surface area (Å²) in [6.45, 7) is 10.6. The van der Waals surface area contributed by atoms with Gasteiger partial charge in [-0.1, -0.05) is 18.2 Å². The van der Waals surface area contributed by atoms with E-state index in [0.29, 0.717) is 6.54 Å². The molecule has 6 heteroatoms. The van der Waals surface area contributed by atoms with Crippen LogP contribution in [0.15, 0.2) is 29.3 Å². The number of ether oxygens (including phenoxy) is 1. The normalized spacial score (nSPS) is 21.0. The van der Waals surface area contributed by atoms with Gasteiger partial charge in [-0.3, -0.25) is 0 Å². The molecule has 6 nitrogen and oxygen atoms in total. The minimum atomic E-state index is 0.148. The number of nitrogens with one attached hydrogen (secondary N) is 2. The molecule has 1 aromatic carbocycles. The molecule has 0 aliphatic carbocycles. The van der Waals surface area contributed by atoms with Crippen LogP contribution in [-0.2, 0) is 6.42 Å². The van der Waals surface area contributed by atoms with Crippen LogP contribution in [0.2, 0.25) is 0 Å². The van der Waals surface area contributed by atoms with Gasteiger partial charge in [0.05, 0.1) is 6.54 Å². The van der Waals surface area contributed by atoms with E-state index in [2.05, 4.69) is 46.5 Å². The lowest BCUT2D eigenvalue weighted by Gasteiger charge is -2.32. The molecule has 1 fully saturated rings. The molecule has 150 valence electrons. The Balaban J connectivity index is 1.33. The molecule has 2 N–H and O–H groups in total. The second-order valence-corrected chi connectivity index (χ2v) is 7.55. The largest absolute Gasteiger partial charge is 0.488 e. The van der Waals surface area contributed by atoms with Crippen molar-refractivity contribution in [2.75, 3.05) is 59.4 Å². The smallest absolute Gasteiger partial charge is 0.191 e. The number of fused-ring (bicyclic) bond motifs is 1. The van der Waals surface area contributed by atoms with E-state index in [4.69, 9.17) is 9.73 Å². The van der Waals surface area contributed by atoms with Crippen LogP contribution in [0.4, 0.5) is 0 Å². The van der Waals surface area contributed by atoms with E-state index in [1.807, 2.05) is 12.1 Å². The molecule has 1 unspecified atom stereocenters. The van der Waals surface area contributed by atoms with Crippen molar-refractivity contribution in [1.29, 1.82) is 0 Å². The Labute approximate surface area is 164 Å². The molecule has 1 saturated heterocycles. The summed E-state index contributed by atoms with van der Waals surface area (Å²) in [4.78, 5) is 9.71. The van der Waals surface area contributed by atoms with Gasteiger partial charge >= 0.3 is 0 Å². The van der Waals surface area contributed by atoms with E-state index >= 15 is 0 Å². The van der Waals surface area contributed by atoms with E-state index in [1.54, 1.807) is 0 Å². The zero-order chi connectivity index (χ0) is 18.9. The second kappa shape index (κ2) is 10.5. The van der Waals surface area contributed by atoms with Crippen LogP contribution in [0.5, 0.6) is 5.75 Å². The molecule has 0 bridgehead atoms. The SMILES string of the molecule is CCNC(=NCC1Cc2ccccc2O1)NCCCCN1CCN(C)CC1. The molecular weight excluding hydrogens is 338 g/mol. The number of guanidine groups is 1. The number of unbranched alkanes of at least 4 members (excludes halogenated alkanes) is 1. The van der Waals surface area contributed by atoms with E-state index in [-0.39, 0.29) is 6.10 Å². The lowest BCUT2D eigenvalue weighted by atomic mass is 10.1. The fourth-order valence-electron chi connectivity index (χ4n) is 3.63. The molecule has 1 aromatic rings. The number of aliphatic imine (C=N–C) groups is 1. The van der Waals surface area contributed by atoms with Gasteiger partial charge < -0.3 is 25.2 Å². The van der Waals surface area contributed by atoms with Crippen molar-refractivity contribution in [2.45, 2.75) is 32.3 Å². The van der Waals surface area contributed by atoms with Gasteiger partial charge in [-0.2, -0.15) is 0 Å². The first-order chi connectivity index (χ1) is 13.2. The maximum Gasteiger partial charge on any atom is 0.191 e. The highest BCUT2D eigenvalue weighted by Crippen LogP contribution is 2.28. The summed E-state index contributed by atoms with van der Waals surface area (Å²) in [5.41, 5.74) is 1.29. The van der Waals surface area contributed by atoms with Crippen molar-refractivity contribution >= 4 is 5.96 Å². The Morgan fingerprint density at radius 2 is 1.96 bits per heavy atom. The van der Waals surface area contributed by atoms with Crippen LogP contribution in [0.3, 0.4) is 0 Å². The number of hydrogen-bond acceptors (Lipinski definition) is 4. The summed E-state index contributed by atoms with van der Waals surface area (Å²) in [6, 6.07) is 8.28. The third-order valence-electron chi connectivity index (χ3n) is 5.30. The van der Waals surface area contributed by atoms with E-state index in [0.717, 1.165) is 31.2 Å². The number of rotatable bonds is 8. The summed E-state index contributed by atoms with van der Waals surface area (Å²) in [6.07, 6.45) is 3.50. The van der Waals surface area contributed by atoms with Gasteiger partial charge in [0.25, 0.3) is 0 Å². The van der Waals surface area contributed by atoms with E-state index < -0.39 is 0 Å². The van der Waals surface area contributed by atoms with Gasteiger partial charge in [0.1, 0.15) is 11.9 Å². The van der Waals surface area contributed by atoms with Gasteiger partial charge in [0, 0.05) is 45.7 Å². The maximum absolute atomic E-state index is 5.98. The Kier molecular flexibility index (Phi) is 7.78. The van der Waals surface area contributed by atoms with E-state index in [9.17, 15) is 0 Å². The Bertz CT molecular complexity index is 573. The topological polar surface area (TPSA) is 52.1 Å². The van der Waals surface area contributed by atoms with Crippen molar-refractivity contribution in [3.8, 4) is 5.75 Å². The summed E-state index contributed by atoms with van der Waals surface area (Å²) in [5.74, 6) is 1.91. The van der Waals surface area contributed by atoms with Crippen LogP contribution in [-0.4, -0.2) is 81.3 Å². The van der Waals surface area contributed by atoms with Crippen molar-refractivity contribution in [3.63, 3.8) is 0 Å². The molecule has 27 heavy (non-hydrogen) atoms. The fraction of sp³-hybridized carbons (Fsp3) is 0.667. The lowest BCUT2D eigenvalue weighted by molar-refractivity contribution is 0.152. The summed E-state index contributed by atoms with van der Waals surface area (Å²) in [7, 11) is 2.21. The maximum atomic E-state index is 5.98. The van der Waals surface area contributed by atoms with Gasteiger partial charge in [-0.05, 0) is 45.0 Å². The average molecular weight is 374 g/mol. The molecular formula is C21H35N5O. The number of hydrogen-bond donors (Lipinski definition) is 2. The van der Waals surface area contributed by atoms with Crippen LogP contribution in [0.25, 0.3) is 0 Å². The van der Waals surface area contributed by atoms with Crippen LogP contribution in [0, 0.1) is 0 Å². The van der Waals surface area contributed by atoms with Crippen LogP contribution < -0.4 is 15.4 Å². The van der Waals surface area contributed by atoms with Crippen molar-refractivity contribution in [3.05, 3.63) is 29.8 Å². The molecule has 0 aromatic heterocycles. The third kappa shape index (κ3) is 6.40.